The Morgan fingerprint density at radius 3 is 2.35 bits per heavy atom. The van der Waals surface area contributed by atoms with Crippen LogP contribution >= 0.6 is 34.8 Å². The summed E-state index contributed by atoms with van der Waals surface area (Å²) in [4.78, 5) is 29.4. The van der Waals surface area contributed by atoms with Gasteiger partial charge in [0, 0.05) is 49.2 Å². The normalized spacial score (nSPS) is 14.0. The predicted molar refractivity (Wildman–Crippen MR) is 126 cm³/mol. The van der Waals surface area contributed by atoms with Crippen molar-refractivity contribution in [2.75, 3.05) is 31.1 Å². The Morgan fingerprint density at radius 2 is 1.65 bits per heavy atom. The van der Waals surface area contributed by atoms with Crippen LogP contribution in [0.25, 0.3) is 0 Å². The van der Waals surface area contributed by atoms with Crippen LogP contribution in [0.5, 0.6) is 0 Å². The fourth-order valence-corrected chi connectivity index (χ4v) is 4.14. The molecule has 4 rings (SSSR count). The van der Waals surface area contributed by atoms with E-state index in [1.807, 2.05) is 35.2 Å². The largest absolute Gasteiger partial charge is 0.368 e. The number of halogens is 3. The molecular formula is C23H20Cl3N3O2. The molecule has 2 heterocycles. The van der Waals surface area contributed by atoms with E-state index in [1.165, 1.54) is 10.6 Å². The summed E-state index contributed by atoms with van der Waals surface area (Å²) in [5.41, 5.74) is 2.18. The van der Waals surface area contributed by atoms with Gasteiger partial charge in [-0.1, -0.05) is 46.9 Å². The van der Waals surface area contributed by atoms with Gasteiger partial charge in [-0.25, -0.2) is 0 Å². The molecule has 0 radical (unpaired) electrons. The lowest BCUT2D eigenvalue weighted by Gasteiger charge is -2.36. The molecule has 1 aliphatic rings. The molecule has 0 N–H and O–H groups in total. The lowest BCUT2D eigenvalue weighted by molar-refractivity contribution is 0.0746. The van der Waals surface area contributed by atoms with Crippen molar-refractivity contribution in [2.24, 2.45) is 0 Å². The molecule has 1 aromatic heterocycles. The zero-order chi connectivity index (χ0) is 22.0. The minimum Gasteiger partial charge on any atom is -0.368 e. The number of carbonyl (C=O) groups is 1. The molecule has 1 fully saturated rings. The van der Waals surface area contributed by atoms with Gasteiger partial charge >= 0.3 is 0 Å². The summed E-state index contributed by atoms with van der Waals surface area (Å²) in [6.07, 6.45) is 1.61. The monoisotopic (exact) mass is 475 g/mol. The molecule has 0 unspecified atom stereocenters. The minimum atomic E-state index is -0.187. The summed E-state index contributed by atoms with van der Waals surface area (Å²) >= 11 is 18.1. The Labute approximate surface area is 195 Å². The Morgan fingerprint density at radius 1 is 0.871 bits per heavy atom. The number of nitrogens with zero attached hydrogens (tertiary/aromatic N) is 3. The first kappa shape index (κ1) is 21.8. The molecule has 8 heteroatoms. The smallest absolute Gasteiger partial charge is 0.255 e. The number of aromatic nitrogens is 1. The van der Waals surface area contributed by atoms with Crippen LogP contribution in [0.3, 0.4) is 0 Å². The number of piperazine rings is 1. The molecule has 5 nitrogen and oxygen atoms in total. The van der Waals surface area contributed by atoms with E-state index < -0.39 is 0 Å². The lowest BCUT2D eigenvalue weighted by atomic mass is 10.2. The van der Waals surface area contributed by atoms with Crippen molar-refractivity contribution in [1.82, 2.24) is 9.47 Å². The van der Waals surface area contributed by atoms with Gasteiger partial charge in [0.05, 0.1) is 22.2 Å². The zero-order valence-corrected chi connectivity index (χ0v) is 18.9. The van der Waals surface area contributed by atoms with Crippen LogP contribution < -0.4 is 10.5 Å². The first-order chi connectivity index (χ1) is 14.9. The number of rotatable bonds is 4. The fraction of sp³-hybridized carbons (Fsp3) is 0.217. The third-order valence-electron chi connectivity index (χ3n) is 5.31. The van der Waals surface area contributed by atoms with Gasteiger partial charge in [-0.3, -0.25) is 9.59 Å². The van der Waals surface area contributed by atoms with Crippen molar-refractivity contribution in [3.8, 4) is 0 Å². The summed E-state index contributed by atoms with van der Waals surface area (Å²) in [6, 6.07) is 15.9. The predicted octanol–water partition coefficient (Wildman–Crippen LogP) is 4.82. The average molecular weight is 477 g/mol. The van der Waals surface area contributed by atoms with Gasteiger partial charge in [-0.2, -0.15) is 0 Å². The molecule has 160 valence electrons. The second-order valence-corrected chi connectivity index (χ2v) is 8.64. The van der Waals surface area contributed by atoms with Crippen LogP contribution in [0.4, 0.5) is 5.69 Å². The maximum Gasteiger partial charge on any atom is 0.255 e. The molecule has 1 saturated heterocycles. The highest BCUT2D eigenvalue weighted by atomic mass is 35.5. The van der Waals surface area contributed by atoms with E-state index >= 15 is 0 Å². The molecule has 2 aromatic carbocycles. The fourth-order valence-electron chi connectivity index (χ4n) is 3.64. The molecule has 1 aliphatic heterocycles. The molecule has 1 amide bonds. The molecule has 0 saturated carbocycles. The zero-order valence-electron chi connectivity index (χ0n) is 16.6. The van der Waals surface area contributed by atoms with Crippen LogP contribution in [-0.2, 0) is 6.54 Å². The van der Waals surface area contributed by atoms with Crippen molar-refractivity contribution in [1.29, 1.82) is 0 Å². The quantitative estimate of drug-likeness (QED) is 0.542. The maximum atomic E-state index is 13.0. The van der Waals surface area contributed by atoms with Crippen molar-refractivity contribution in [3.05, 3.63) is 97.3 Å². The Bertz CT molecular complexity index is 1170. The molecule has 0 atom stereocenters. The van der Waals surface area contributed by atoms with Crippen molar-refractivity contribution < 1.29 is 4.79 Å². The van der Waals surface area contributed by atoms with Gasteiger partial charge in [0.1, 0.15) is 0 Å². The third kappa shape index (κ3) is 5.06. The Kier molecular flexibility index (Phi) is 6.56. The van der Waals surface area contributed by atoms with Crippen LogP contribution in [-0.4, -0.2) is 41.6 Å². The van der Waals surface area contributed by atoms with Gasteiger partial charge in [-0.05, 0) is 42.0 Å². The van der Waals surface area contributed by atoms with Gasteiger partial charge in [0.25, 0.3) is 11.5 Å². The third-order valence-corrected chi connectivity index (χ3v) is 6.28. The Hall–Kier alpha value is -2.47. The molecule has 0 spiro atoms. The van der Waals surface area contributed by atoms with Crippen LogP contribution in [0.1, 0.15) is 15.9 Å². The topological polar surface area (TPSA) is 45.6 Å². The molecule has 0 aliphatic carbocycles. The van der Waals surface area contributed by atoms with Crippen molar-refractivity contribution >= 4 is 46.4 Å². The van der Waals surface area contributed by atoms with E-state index in [0.717, 1.165) is 24.3 Å². The van der Waals surface area contributed by atoms with E-state index in [9.17, 15) is 9.59 Å². The number of hydrogen-bond donors (Lipinski definition) is 0. The van der Waals surface area contributed by atoms with E-state index in [2.05, 4.69) is 4.90 Å². The molecule has 0 bridgehead atoms. The van der Waals surface area contributed by atoms with Crippen LogP contribution in [0.15, 0.2) is 65.6 Å². The number of carbonyl (C=O) groups excluding carboxylic acids is 1. The van der Waals surface area contributed by atoms with Gasteiger partial charge in [0.2, 0.25) is 0 Å². The summed E-state index contributed by atoms with van der Waals surface area (Å²) in [5, 5.41) is 1.58. The van der Waals surface area contributed by atoms with E-state index in [1.54, 1.807) is 24.4 Å². The van der Waals surface area contributed by atoms with Gasteiger partial charge in [0.15, 0.2) is 0 Å². The first-order valence-electron chi connectivity index (χ1n) is 9.85. The lowest BCUT2D eigenvalue weighted by Crippen LogP contribution is -2.49. The van der Waals surface area contributed by atoms with Crippen LogP contribution in [0, 0.1) is 0 Å². The van der Waals surface area contributed by atoms with E-state index in [0.29, 0.717) is 40.3 Å². The van der Waals surface area contributed by atoms with Crippen molar-refractivity contribution in [3.63, 3.8) is 0 Å². The number of anilines is 1. The highest BCUT2D eigenvalue weighted by Gasteiger charge is 2.23. The summed E-state index contributed by atoms with van der Waals surface area (Å²) in [7, 11) is 0. The number of benzene rings is 2. The maximum absolute atomic E-state index is 13.0. The number of pyridine rings is 1. The average Bonchev–Trinajstić information content (AvgIpc) is 2.77. The summed E-state index contributed by atoms with van der Waals surface area (Å²) in [5.74, 6) is -0.0892. The summed E-state index contributed by atoms with van der Waals surface area (Å²) in [6.45, 7) is 2.93. The first-order valence-corrected chi connectivity index (χ1v) is 11.0. The molecular weight excluding hydrogens is 457 g/mol. The molecule has 31 heavy (non-hydrogen) atoms. The summed E-state index contributed by atoms with van der Waals surface area (Å²) < 4.78 is 1.51. The highest BCUT2D eigenvalue weighted by Crippen LogP contribution is 2.23. The second kappa shape index (κ2) is 9.35. The SMILES string of the molecule is O=C(c1ccc(=O)n(Cc2ccc(Cl)c(Cl)c2)c1)N1CCN(c2cccc(Cl)c2)CC1. The van der Waals surface area contributed by atoms with E-state index in [4.69, 9.17) is 34.8 Å². The Balaban J connectivity index is 1.46. The van der Waals surface area contributed by atoms with Crippen molar-refractivity contribution in [2.45, 2.75) is 6.54 Å². The van der Waals surface area contributed by atoms with Crippen LogP contribution in [0.2, 0.25) is 15.1 Å². The highest BCUT2D eigenvalue weighted by molar-refractivity contribution is 6.42. The minimum absolute atomic E-state index is 0.0892. The standard InChI is InChI=1S/C23H20Cl3N3O2/c24-18-2-1-3-19(13-18)27-8-10-28(11-9-27)23(31)17-5-7-22(30)29(15-17)14-16-4-6-20(25)21(26)12-16/h1-7,12-13,15H,8-11,14H2. The van der Waals surface area contributed by atoms with E-state index in [-0.39, 0.29) is 11.5 Å². The number of hydrogen-bond acceptors (Lipinski definition) is 3. The second-order valence-electron chi connectivity index (χ2n) is 7.39. The van der Waals surface area contributed by atoms with Gasteiger partial charge in [-0.15, -0.1) is 0 Å². The molecule has 3 aromatic rings. The number of amides is 1. The van der Waals surface area contributed by atoms with Gasteiger partial charge < -0.3 is 14.4 Å².